The first-order chi connectivity index (χ1) is 7.31. The second-order valence-electron chi connectivity index (χ2n) is 4.06. The van der Waals surface area contributed by atoms with Crippen molar-refractivity contribution in [1.29, 1.82) is 0 Å². The van der Waals surface area contributed by atoms with Gasteiger partial charge in [-0.15, -0.1) is 0 Å². The van der Waals surface area contributed by atoms with Crippen LogP contribution in [0.25, 0.3) is 0 Å². The van der Waals surface area contributed by atoms with E-state index in [9.17, 15) is 0 Å². The standard InChI is InChI=1S/C11H17N3O/c1-9-7-12-11(13-8-9)14-5-2-3-10(14)4-6-15/h7-8,10,15H,2-6H2,1H3. The lowest BCUT2D eigenvalue weighted by Crippen LogP contribution is -2.31. The van der Waals surface area contributed by atoms with Gasteiger partial charge in [0.25, 0.3) is 0 Å². The highest BCUT2D eigenvalue weighted by Gasteiger charge is 2.25. The van der Waals surface area contributed by atoms with E-state index in [0.29, 0.717) is 6.04 Å². The van der Waals surface area contributed by atoms with Gasteiger partial charge in [-0.1, -0.05) is 0 Å². The Morgan fingerprint density at radius 2 is 2.20 bits per heavy atom. The number of aliphatic hydroxyl groups excluding tert-OH is 1. The Bertz CT molecular complexity index is 312. The van der Waals surface area contributed by atoms with Gasteiger partial charge in [0.15, 0.2) is 0 Å². The Labute approximate surface area is 90.0 Å². The molecule has 0 spiro atoms. The Morgan fingerprint density at radius 3 is 2.87 bits per heavy atom. The van der Waals surface area contributed by atoms with Crippen LogP contribution in [0.15, 0.2) is 12.4 Å². The summed E-state index contributed by atoms with van der Waals surface area (Å²) in [6.07, 6.45) is 6.81. The quantitative estimate of drug-likeness (QED) is 0.807. The third-order valence-corrected chi connectivity index (χ3v) is 2.86. The highest BCUT2D eigenvalue weighted by atomic mass is 16.3. The maximum Gasteiger partial charge on any atom is 0.225 e. The van der Waals surface area contributed by atoms with Gasteiger partial charge in [-0.2, -0.15) is 0 Å². The SMILES string of the molecule is Cc1cnc(N2CCCC2CCO)nc1. The minimum Gasteiger partial charge on any atom is -0.396 e. The van der Waals surface area contributed by atoms with Gasteiger partial charge >= 0.3 is 0 Å². The number of aromatic nitrogens is 2. The predicted molar refractivity (Wildman–Crippen MR) is 58.8 cm³/mol. The molecule has 1 aromatic rings. The van der Waals surface area contributed by atoms with Crippen LogP contribution in [-0.4, -0.2) is 34.3 Å². The van der Waals surface area contributed by atoms with Gasteiger partial charge in [-0.05, 0) is 31.7 Å². The summed E-state index contributed by atoms with van der Waals surface area (Å²) in [4.78, 5) is 10.9. The van der Waals surface area contributed by atoms with Crippen molar-refractivity contribution < 1.29 is 5.11 Å². The van der Waals surface area contributed by atoms with Gasteiger partial charge in [-0.3, -0.25) is 0 Å². The Morgan fingerprint density at radius 1 is 1.47 bits per heavy atom. The van der Waals surface area contributed by atoms with E-state index in [4.69, 9.17) is 5.11 Å². The number of aryl methyl sites for hydroxylation is 1. The monoisotopic (exact) mass is 207 g/mol. The maximum absolute atomic E-state index is 8.97. The van der Waals surface area contributed by atoms with Crippen molar-refractivity contribution in [2.24, 2.45) is 0 Å². The van der Waals surface area contributed by atoms with Crippen LogP contribution in [0.3, 0.4) is 0 Å². The normalized spacial score (nSPS) is 20.9. The van der Waals surface area contributed by atoms with Gasteiger partial charge in [0, 0.05) is 31.6 Å². The molecule has 4 heteroatoms. The summed E-state index contributed by atoms with van der Waals surface area (Å²) in [5.74, 6) is 0.802. The van der Waals surface area contributed by atoms with E-state index in [1.165, 1.54) is 6.42 Å². The predicted octanol–water partition coefficient (Wildman–Crippen LogP) is 1.14. The highest BCUT2D eigenvalue weighted by molar-refractivity contribution is 5.33. The molecule has 0 aliphatic carbocycles. The summed E-state index contributed by atoms with van der Waals surface area (Å²) in [6, 6.07) is 0.415. The zero-order valence-electron chi connectivity index (χ0n) is 9.06. The fraction of sp³-hybridized carbons (Fsp3) is 0.636. The molecule has 0 aromatic carbocycles. The summed E-state index contributed by atoms with van der Waals surface area (Å²) in [5, 5.41) is 8.97. The topological polar surface area (TPSA) is 49.2 Å². The van der Waals surface area contributed by atoms with E-state index in [2.05, 4.69) is 14.9 Å². The largest absolute Gasteiger partial charge is 0.396 e. The zero-order valence-corrected chi connectivity index (χ0v) is 9.06. The molecule has 0 amide bonds. The third-order valence-electron chi connectivity index (χ3n) is 2.86. The van der Waals surface area contributed by atoms with Gasteiger partial charge < -0.3 is 10.0 Å². The zero-order chi connectivity index (χ0) is 10.7. The van der Waals surface area contributed by atoms with Crippen molar-refractivity contribution in [3.63, 3.8) is 0 Å². The van der Waals surface area contributed by atoms with E-state index >= 15 is 0 Å². The molecule has 1 N–H and O–H groups in total. The summed E-state index contributed by atoms with van der Waals surface area (Å²) >= 11 is 0. The average molecular weight is 207 g/mol. The Balaban J connectivity index is 2.11. The molecular weight excluding hydrogens is 190 g/mol. The molecule has 1 atom stereocenters. The second-order valence-corrected chi connectivity index (χ2v) is 4.06. The smallest absolute Gasteiger partial charge is 0.225 e. The van der Waals surface area contributed by atoms with Crippen LogP contribution in [0.2, 0.25) is 0 Å². The van der Waals surface area contributed by atoms with E-state index in [1.807, 2.05) is 19.3 Å². The van der Waals surface area contributed by atoms with Gasteiger partial charge in [-0.25, -0.2) is 9.97 Å². The fourth-order valence-corrected chi connectivity index (χ4v) is 2.08. The lowest BCUT2D eigenvalue weighted by molar-refractivity contribution is 0.275. The van der Waals surface area contributed by atoms with Crippen LogP contribution < -0.4 is 4.90 Å². The van der Waals surface area contributed by atoms with Crippen LogP contribution in [-0.2, 0) is 0 Å². The molecule has 0 radical (unpaired) electrons. The number of rotatable bonds is 3. The maximum atomic E-state index is 8.97. The Kier molecular flexibility index (Phi) is 3.16. The average Bonchev–Trinajstić information content (AvgIpc) is 2.68. The summed E-state index contributed by atoms with van der Waals surface area (Å²) in [6.45, 7) is 3.24. The second kappa shape index (κ2) is 4.57. The minimum absolute atomic E-state index is 0.243. The van der Waals surface area contributed by atoms with Crippen molar-refractivity contribution in [2.45, 2.75) is 32.2 Å². The molecule has 0 bridgehead atoms. The van der Waals surface area contributed by atoms with Crippen LogP contribution in [0.1, 0.15) is 24.8 Å². The molecule has 1 fully saturated rings. The molecule has 4 nitrogen and oxygen atoms in total. The van der Waals surface area contributed by atoms with Crippen molar-refractivity contribution in [1.82, 2.24) is 9.97 Å². The van der Waals surface area contributed by atoms with Crippen molar-refractivity contribution >= 4 is 5.95 Å². The Hall–Kier alpha value is -1.16. The van der Waals surface area contributed by atoms with Gasteiger partial charge in [0.05, 0.1) is 0 Å². The molecule has 15 heavy (non-hydrogen) atoms. The van der Waals surface area contributed by atoms with Crippen LogP contribution in [0.4, 0.5) is 5.95 Å². The molecule has 1 aromatic heterocycles. The molecule has 1 unspecified atom stereocenters. The van der Waals surface area contributed by atoms with Crippen LogP contribution in [0, 0.1) is 6.92 Å². The van der Waals surface area contributed by atoms with E-state index in [1.54, 1.807) is 0 Å². The van der Waals surface area contributed by atoms with E-state index < -0.39 is 0 Å². The lowest BCUT2D eigenvalue weighted by atomic mass is 10.1. The summed E-state index contributed by atoms with van der Waals surface area (Å²) in [5.41, 5.74) is 1.08. The number of hydrogen-bond acceptors (Lipinski definition) is 4. The molecule has 2 rings (SSSR count). The summed E-state index contributed by atoms with van der Waals surface area (Å²) in [7, 11) is 0. The molecule has 2 heterocycles. The highest BCUT2D eigenvalue weighted by Crippen LogP contribution is 2.23. The molecule has 0 saturated carbocycles. The van der Waals surface area contributed by atoms with Gasteiger partial charge in [0.1, 0.15) is 0 Å². The fourth-order valence-electron chi connectivity index (χ4n) is 2.08. The molecule has 1 aliphatic rings. The summed E-state index contributed by atoms with van der Waals surface area (Å²) < 4.78 is 0. The first-order valence-electron chi connectivity index (χ1n) is 5.47. The molecule has 82 valence electrons. The number of aliphatic hydroxyl groups is 1. The number of anilines is 1. The number of hydrogen-bond donors (Lipinski definition) is 1. The van der Waals surface area contributed by atoms with Crippen LogP contribution >= 0.6 is 0 Å². The lowest BCUT2D eigenvalue weighted by Gasteiger charge is -2.23. The van der Waals surface area contributed by atoms with Crippen LogP contribution in [0.5, 0.6) is 0 Å². The van der Waals surface area contributed by atoms with Crippen molar-refractivity contribution in [2.75, 3.05) is 18.1 Å². The van der Waals surface area contributed by atoms with Crippen molar-refractivity contribution in [3.05, 3.63) is 18.0 Å². The van der Waals surface area contributed by atoms with E-state index in [-0.39, 0.29) is 6.61 Å². The molecular formula is C11H17N3O. The first kappa shape index (κ1) is 10.4. The molecule has 1 aliphatic heterocycles. The number of nitrogens with zero attached hydrogens (tertiary/aromatic N) is 3. The first-order valence-corrected chi connectivity index (χ1v) is 5.47. The van der Waals surface area contributed by atoms with E-state index in [0.717, 1.165) is 30.9 Å². The third kappa shape index (κ3) is 2.26. The molecule has 1 saturated heterocycles. The van der Waals surface area contributed by atoms with Gasteiger partial charge in [0.2, 0.25) is 5.95 Å². The van der Waals surface area contributed by atoms with Crippen molar-refractivity contribution in [3.8, 4) is 0 Å². The minimum atomic E-state index is 0.243.